The number of rotatable bonds is 3. The van der Waals surface area contributed by atoms with Crippen molar-refractivity contribution in [2.24, 2.45) is 10.9 Å². The third-order valence-electron chi connectivity index (χ3n) is 4.73. The molecular weight excluding hydrogens is 456 g/mol. The Hall–Kier alpha value is -4.03. The van der Waals surface area contributed by atoms with E-state index in [4.69, 9.17) is 0 Å². The van der Waals surface area contributed by atoms with Gasteiger partial charge in [-0.15, -0.1) is 0 Å². The summed E-state index contributed by atoms with van der Waals surface area (Å²) < 4.78 is 80.9. The van der Waals surface area contributed by atoms with Crippen LogP contribution in [0.2, 0.25) is 0 Å². The van der Waals surface area contributed by atoms with E-state index in [1.807, 2.05) is 5.32 Å². The Labute approximate surface area is 180 Å². The average molecular weight is 467 g/mol. The molecule has 0 aromatic carbocycles. The number of dihydropyridines is 1. The molecule has 2 aromatic rings. The maximum absolute atomic E-state index is 14.0. The van der Waals surface area contributed by atoms with Gasteiger partial charge >= 0.3 is 12.4 Å². The fourth-order valence-corrected chi connectivity index (χ4v) is 3.32. The van der Waals surface area contributed by atoms with E-state index in [9.17, 15) is 35.9 Å². The molecule has 0 saturated carbocycles. The Bertz CT molecular complexity index is 1270. The van der Waals surface area contributed by atoms with E-state index in [1.165, 1.54) is 24.3 Å². The SMILES string of the molecule is O=C(Nc1ccnc(C(F)(F)F)c1)c1cnn(C2=CC=CC3C(=O)N=CC=C23)c1C(F)(F)F. The summed E-state index contributed by atoms with van der Waals surface area (Å²) in [5.74, 6) is -2.81. The van der Waals surface area contributed by atoms with Crippen LogP contribution in [0.15, 0.2) is 59.4 Å². The largest absolute Gasteiger partial charge is 0.434 e. The number of aromatic nitrogens is 3. The van der Waals surface area contributed by atoms with Crippen molar-refractivity contribution in [2.75, 3.05) is 5.32 Å². The highest BCUT2D eigenvalue weighted by atomic mass is 19.4. The lowest BCUT2D eigenvalue weighted by molar-refractivity contribution is -0.143. The number of alkyl halides is 6. The highest BCUT2D eigenvalue weighted by Gasteiger charge is 2.42. The zero-order valence-electron chi connectivity index (χ0n) is 16.1. The molecule has 0 bridgehead atoms. The second kappa shape index (κ2) is 7.83. The van der Waals surface area contributed by atoms with Crippen LogP contribution in [0.5, 0.6) is 0 Å². The van der Waals surface area contributed by atoms with E-state index in [2.05, 4.69) is 15.1 Å². The molecule has 13 heteroatoms. The highest BCUT2D eigenvalue weighted by molar-refractivity contribution is 6.06. The summed E-state index contributed by atoms with van der Waals surface area (Å²) in [6.07, 6.45) is -1.84. The second-order valence-corrected chi connectivity index (χ2v) is 6.85. The molecule has 0 fully saturated rings. The van der Waals surface area contributed by atoms with Gasteiger partial charge < -0.3 is 5.32 Å². The molecule has 1 aliphatic carbocycles. The Morgan fingerprint density at radius 3 is 2.55 bits per heavy atom. The number of carbonyl (C=O) groups is 2. The smallest absolute Gasteiger partial charge is 0.322 e. The maximum Gasteiger partial charge on any atom is 0.434 e. The average Bonchev–Trinajstić information content (AvgIpc) is 3.19. The molecule has 1 aliphatic heterocycles. The normalized spacial score (nSPS) is 18.0. The van der Waals surface area contributed by atoms with Crippen LogP contribution in [0.25, 0.3) is 5.70 Å². The first-order chi connectivity index (χ1) is 15.5. The number of carbonyl (C=O) groups excluding carboxylic acids is 2. The lowest BCUT2D eigenvalue weighted by Crippen LogP contribution is -2.25. The Kier molecular flexibility index (Phi) is 5.26. The van der Waals surface area contributed by atoms with Crippen LogP contribution < -0.4 is 5.32 Å². The number of fused-ring (bicyclic) bond motifs is 1. The molecule has 1 atom stereocenters. The quantitative estimate of drug-likeness (QED) is 0.688. The molecule has 2 amide bonds. The van der Waals surface area contributed by atoms with Gasteiger partial charge in [0.1, 0.15) is 5.69 Å². The van der Waals surface area contributed by atoms with Gasteiger partial charge in [-0.25, -0.2) is 9.67 Å². The minimum atomic E-state index is -5.07. The van der Waals surface area contributed by atoms with Crippen LogP contribution >= 0.6 is 0 Å². The monoisotopic (exact) mass is 467 g/mol. The number of nitrogens with one attached hydrogen (secondary N) is 1. The second-order valence-electron chi connectivity index (χ2n) is 6.85. The fraction of sp³-hybridized carbons (Fsp3) is 0.150. The lowest BCUT2D eigenvalue weighted by atomic mass is 9.89. The first kappa shape index (κ1) is 22.2. The lowest BCUT2D eigenvalue weighted by Gasteiger charge is -2.23. The van der Waals surface area contributed by atoms with Crippen molar-refractivity contribution >= 4 is 29.4 Å². The molecule has 3 heterocycles. The Morgan fingerprint density at radius 2 is 1.85 bits per heavy atom. The van der Waals surface area contributed by atoms with E-state index in [1.54, 1.807) is 0 Å². The van der Waals surface area contributed by atoms with E-state index in [0.29, 0.717) is 16.9 Å². The number of hydrogen-bond donors (Lipinski definition) is 1. The molecule has 2 aliphatic rings. The fourth-order valence-electron chi connectivity index (χ4n) is 3.32. The number of aliphatic imine (C=N–C) groups is 1. The summed E-state index contributed by atoms with van der Waals surface area (Å²) in [5.41, 5.74) is -4.01. The molecule has 170 valence electrons. The molecule has 7 nitrogen and oxygen atoms in total. The van der Waals surface area contributed by atoms with Crippen molar-refractivity contribution in [1.29, 1.82) is 0 Å². The summed E-state index contributed by atoms with van der Waals surface area (Å²) in [4.78, 5) is 31.3. The van der Waals surface area contributed by atoms with Gasteiger partial charge in [0.2, 0.25) is 0 Å². The zero-order valence-corrected chi connectivity index (χ0v) is 16.1. The van der Waals surface area contributed by atoms with Crippen LogP contribution in [0.3, 0.4) is 0 Å². The van der Waals surface area contributed by atoms with E-state index < -0.39 is 52.7 Å². The summed E-state index contributed by atoms with van der Waals surface area (Å²) in [6, 6.07) is 1.49. The van der Waals surface area contributed by atoms with Gasteiger partial charge in [0.05, 0.1) is 23.4 Å². The zero-order chi connectivity index (χ0) is 24.0. The number of pyridine rings is 1. The van der Waals surface area contributed by atoms with Crippen LogP contribution in [0.1, 0.15) is 21.7 Å². The number of nitrogens with zero attached hydrogens (tertiary/aromatic N) is 4. The molecule has 0 radical (unpaired) electrons. The summed E-state index contributed by atoms with van der Waals surface area (Å²) in [6.45, 7) is 0. The van der Waals surface area contributed by atoms with Crippen molar-refractivity contribution in [2.45, 2.75) is 12.4 Å². The minimum absolute atomic E-state index is 0.100. The Morgan fingerprint density at radius 1 is 1.09 bits per heavy atom. The van der Waals surface area contributed by atoms with Gasteiger partial charge in [-0.1, -0.05) is 12.2 Å². The summed E-state index contributed by atoms with van der Waals surface area (Å²) in [7, 11) is 0. The van der Waals surface area contributed by atoms with Gasteiger partial charge in [-0.3, -0.25) is 14.6 Å². The molecular formula is C20H11F6N5O2. The number of allylic oxidation sites excluding steroid dienone is 4. The van der Waals surface area contributed by atoms with Gasteiger partial charge in [0.15, 0.2) is 5.69 Å². The number of amides is 2. The van der Waals surface area contributed by atoms with Crippen LogP contribution in [0.4, 0.5) is 32.0 Å². The standard InChI is InChI=1S/C20H11F6N5O2/c21-19(22,23)15-8-10(4-6-27-15)30-18(33)13-9-29-31(16(13)20(24,25)26)14-3-1-2-12-11(14)5-7-28-17(12)32/h1-9,12H,(H,27,30,33). The van der Waals surface area contributed by atoms with Gasteiger partial charge in [-0.2, -0.15) is 31.4 Å². The predicted molar refractivity (Wildman–Crippen MR) is 103 cm³/mol. The first-order valence-electron chi connectivity index (χ1n) is 9.14. The summed E-state index contributed by atoms with van der Waals surface area (Å²) >= 11 is 0. The van der Waals surface area contributed by atoms with Crippen LogP contribution in [-0.2, 0) is 17.1 Å². The molecule has 0 saturated heterocycles. The van der Waals surface area contributed by atoms with E-state index in [0.717, 1.165) is 18.5 Å². The van der Waals surface area contributed by atoms with Crippen molar-refractivity contribution in [3.63, 3.8) is 0 Å². The summed E-state index contributed by atoms with van der Waals surface area (Å²) in [5, 5.41) is 5.69. The number of hydrogen-bond acceptors (Lipinski definition) is 4. The molecule has 1 unspecified atom stereocenters. The highest BCUT2D eigenvalue weighted by Crippen LogP contribution is 2.38. The van der Waals surface area contributed by atoms with Crippen molar-refractivity contribution in [3.05, 3.63) is 71.4 Å². The van der Waals surface area contributed by atoms with Crippen molar-refractivity contribution < 1.29 is 35.9 Å². The molecule has 0 spiro atoms. The Balaban J connectivity index is 1.73. The number of anilines is 1. The molecule has 4 rings (SSSR count). The predicted octanol–water partition coefficient (Wildman–Crippen LogP) is 4.13. The van der Waals surface area contributed by atoms with Crippen LogP contribution in [-0.4, -0.2) is 32.8 Å². The van der Waals surface area contributed by atoms with Gasteiger partial charge in [0, 0.05) is 18.1 Å². The van der Waals surface area contributed by atoms with Gasteiger partial charge in [-0.05, 0) is 29.9 Å². The van der Waals surface area contributed by atoms with Gasteiger partial charge in [0.25, 0.3) is 11.8 Å². The topological polar surface area (TPSA) is 89.2 Å². The third kappa shape index (κ3) is 4.21. The van der Waals surface area contributed by atoms with E-state index in [-0.39, 0.29) is 11.3 Å². The molecule has 1 N–H and O–H groups in total. The van der Waals surface area contributed by atoms with Crippen molar-refractivity contribution in [3.8, 4) is 0 Å². The third-order valence-corrected chi connectivity index (χ3v) is 4.73. The van der Waals surface area contributed by atoms with Crippen LogP contribution in [0, 0.1) is 5.92 Å². The van der Waals surface area contributed by atoms with Crippen molar-refractivity contribution in [1.82, 2.24) is 14.8 Å². The number of halogens is 6. The van der Waals surface area contributed by atoms with E-state index >= 15 is 0 Å². The maximum atomic E-state index is 14.0. The molecule has 33 heavy (non-hydrogen) atoms. The molecule has 2 aromatic heterocycles. The first-order valence-corrected chi connectivity index (χ1v) is 9.14. The minimum Gasteiger partial charge on any atom is -0.322 e.